The number of urea groups is 1. The van der Waals surface area contributed by atoms with Crippen LogP contribution in [0.25, 0.3) is 6.08 Å². The molecular weight excluding hydrogens is 500 g/mol. The van der Waals surface area contributed by atoms with Crippen molar-refractivity contribution in [3.05, 3.63) is 35.9 Å². The van der Waals surface area contributed by atoms with Crippen LogP contribution in [0.3, 0.4) is 0 Å². The maximum absolute atomic E-state index is 12.9. The van der Waals surface area contributed by atoms with Crippen molar-refractivity contribution < 1.29 is 19.1 Å². The maximum Gasteiger partial charge on any atom is 0.315 e. The summed E-state index contributed by atoms with van der Waals surface area (Å²) in [4.78, 5) is 41.3. The number of benzene rings is 1. The lowest BCUT2D eigenvalue weighted by atomic mass is 9.78. The van der Waals surface area contributed by atoms with Gasteiger partial charge >= 0.3 is 6.03 Å². The van der Waals surface area contributed by atoms with Gasteiger partial charge in [0.25, 0.3) is 0 Å². The highest BCUT2D eigenvalue weighted by atomic mass is 32.2. The molecule has 0 saturated carbocycles. The smallest absolute Gasteiger partial charge is 0.315 e. The van der Waals surface area contributed by atoms with E-state index in [1.165, 1.54) is 0 Å². The molecule has 4 heterocycles. The lowest BCUT2D eigenvalue weighted by Crippen LogP contribution is -2.44. The summed E-state index contributed by atoms with van der Waals surface area (Å²) in [5, 5.41) is 6.48. The highest BCUT2D eigenvalue weighted by Gasteiger charge is 2.43. The Hall–Kier alpha value is -2.68. The number of unbranched alkanes of at least 4 members (excludes halogenated alkanes) is 1. The van der Waals surface area contributed by atoms with Crippen molar-refractivity contribution in [1.82, 2.24) is 20.4 Å². The van der Waals surface area contributed by atoms with E-state index < -0.39 is 0 Å². The van der Waals surface area contributed by atoms with Gasteiger partial charge in [-0.15, -0.1) is 0 Å². The van der Waals surface area contributed by atoms with Crippen LogP contribution in [0.4, 0.5) is 4.79 Å². The molecule has 0 aromatic heterocycles. The Morgan fingerprint density at radius 1 is 1.11 bits per heavy atom. The van der Waals surface area contributed by atoms with Gasteiger partial charge in [-0.05, 0) is 56.6 Å². The van der Waals surface area contributed by atoms with Crippen molar-refractivity contribution in [3.8, 4) is 5.75 Å². The van der Waals surface area contributed by atoms with E-state index in [1.54, 1.807) is 6.08 Å². The number of nitrogens with one attached hydrogen (secondary N) is 2. The topological polar surface area (TPSA) is 91.0 Å². The number of fused-ring (bicyclic) bond motifs is 1. The first-order valence-corrected chi connectivity index (χ1v) is 15.2. The number of carbonyl (C=O) groups is 3. The third kappa shape index (κ3) is 6.14. The summed E-state index contributed by atoms with van der Waals surface area (Å²) in [7, 11) is 0. The van der Waals surface area contributed by atoms with Crippen molar-refractivity contribution in [2.45, 2.75) is 69.2 Å². The summed E-state index contributed by atoms with van der Waals surface area (Å²) in [5.74, 6) is 2.07. The standard InChI is InChI=1S/C29H40N4O4S/c1-2-37-23-8-4-3-7-21(23)11-12-26(35)32-16-13-29(14-17-32)15-18-33(20-29)25(34)10-6-5-9-24-27-22(19-38-24)30-28(36)31-27/h3-4,7-8,11-12,22,24,27H,2,5-6,9-10,13-20H2,1H3,(H2,30,31,36)/b12-11+/t22-,24-,27-/m0/s1. The van der Waals surface area contributed by atoms with E-state index in [0.29, 0.717) is 18.3 Å². The van der Waals surface area contributed by atoms with E-state index in [0.717, 1.165) is 81.8 Å². The van der Waals surface area contributed by atoms with Crippen LogP contribution in [-0.2, 0) is 9.59 Å². The summed E-state index contributed by atoms with van der Waals surface area (Å²) in [6, 6.07) is 8.21. The van der Waals surface area contributed by atoms with Gasteiger partial charge in [0.1, 0.15) is 5.75 Å². The summed E-state index contributed by atoms with van der Waals surface area (Å²) in [6.45, 7) is 5.68. The minimum atomic E-state index is -0.0432. The summed E-state index contributed by atoms with van der Waals surface area (Å²) < 4.78 is 5.65. The molecular formula is C29H40N4O4S. The molecule has 9 heteroatoms. The second kappa shape index (κ2) is 12.0. The molecule has 0 unspecified atom stereocenters. The van der Waals surface area contributed by atoms with Crippen LogP contribution in [0.5, 0.6) is 5.75 Å². The molecule has 4 saturated heterocycles. The number of ether oxygens (including phenoxy) is 1. The molecule has 1 aromatic carbocycles. The van der Waals surface area contributed by atoms with Crippen LogP contribution in [0.15, 0.2) is 30.3 Å². The molecule has 4 fully saturated rings. The lowest BCUT2D eigenvalue weighted by molar-refractivity contribution is -0.132. The quantitative estimate of drug-likeness (QED) is 0.283. The van der Waals surface area contributed by atoms with Crippen molar-refractivity contribution in [3.63, 3.8) is 0 Å². The first-order chi connectivity index (χ1) is 18.5. The van der Waals surface area contributed by atoms with E-state index in [2.05, 4.69) is 15.5 Å². The van der Waals surface area contributed by atoms with Gasteiger partial charge < -0.3 is 25.2 Å². The van der Waals surface area contributed by atoms with Crippen molar-refractivity contribution in [1.29, 1.82) is 0 Å². The van der Waals surface area contributed by atoms with Crippen LogP contribution in [0.2, 0.25) is 0 Å². The Labute approximate surface area is 229 Å². The third-order valence-electron chi connectivity index (χ3n) is 8.62. The molecule has 38 heavy (non-hydrogen) atoms. The molecule has 3 atom stereocenters. The number of rotatable bonds is 9. The van der Waals surface area contributed by atoms with Gasteiger partial charge in [-0.1, -0.05) is 24.6 Å². The zero-order valence-corrected chi connectivity index (χ0v) is 23.1. The number of hydrogen-bond acceptors (Lipinski definition) is 5. The number of piperidine rings is 1. The normalized spacial score (nSPS) is 26.0. The number of para-hydroxylation sites is 1. The van der Waals surface area contributed by atoms with Crippen molar-refractivity contribution >= 4 is 35.7 Å². The van der Waals surface area contributed by atoms with Gasteiger partial charge in [-0.2, -0.15) is 11.8 Å². The zero-order valence-electron chi connectivity index (χ0n) is 22.3. The van der Waals surface area contributed by atoms with E-state index in [-0.39, 0.29) is 35.3 Å². The molecule has 1 aromatic rings. The molecule has 0 radical (unpaired) electrons. The lowest BCUT2D eigenvalue weighted by Gasteiger charge is -2.39. The molecule has 8 nitrogen and oxygen atoms in total. The van der Waals surface area contributed by atoms with Crippen LogP contribution in [0, 0.1) is 5.41 Å². The van der Waals surface area contributed by atoms with E-state index >= 15 is 0 Å². The van der Waals surface area contributed by atoms with Crippen molar-refractivity contribution in [2.75, 3.05) is 38.5 Å². The highest BCUT2D eigenvalue weighted by Crippen LogP contribution is 2.41. The molecule has 4 aliphatic rings. The van der Waals surface area contributed by atoms with E-state index in [9.17, 15) is 14.4 Å². The zero-order chi connectivity index (χ0) is 26.5. The predicted octanol–water partition coefficient (Wildman–Crippen LogP) is 3.67. The number of nitrogens with zero attached hydrogens (tertiary/aromatic N) is 2. The molecule has 2 N–H and O–H groups in total. The van der Waals surface area contributed by atoms with E-state index in [4.69, 9.17) is 4.74 Å². The molecule has 5 rings (SSSR count). The number of carbonyl (C=O) groups excluding carboxylic acids is 3. The number of likely N-dealkylation sites (tertiary alicyclic amines) is 2. The molecule has 0 bridgehead atoms. The predicted molar refractivity (Wildman–Crippen MR) is 150 cm³/mol. The monoisotopic (exact) mass is 540 g/mol. The SMILES string of the molecule is CCOc1ccccc1/C=C/C(=O)N1CCC2(CC1)CCN(C(=O)CCCC[C@@H]1SC[C@@H]3NC(=O)N[C@@H]31)C2. The molecule has 0 aliphatic carbocycles. The average molecular weight is 541 g/mol. The Morgan fingerprint density at radius 3 is 2.66 bits per heavy atom. The van der Waals surface area contributed by atoms with Gasteiger partial charge in [-0.25, -0.2) is 4.79 Å². The van der Waals surface area contributed by atoms with Crippen LogP contribution in [-0.4, -0.2) is 83.5 Å². The second-order valence-corrected chi connectivity index (χ2v) is 12.3. The Bertz CT molecular complexity index is 1050. The van der Waals surface area contributed by atoms with Gasteiger partial charge in [0.15, 0.2) is 0 Å². The Kier molecular flexibility index (Phi) is 8.51. The molecule has 4 aliphatic heterocycles. The summed E-state index contributed by atoms with van der Waals surface area (Å²) in [6.07, 6.45) is 10.00. The highest BCUT2D eigenvalue weighted by molar-refractivity contribution is 8.00. The van der Waals surface area contributed by atoms with Crippen LogP contribution < -0.4 is 15.4 Å². The van der Waals surface area contributed by atoms with Crippen LogP contribution >= 0.6 is 11.8 Å². The fraction of sp³-hybridized carbons (Fsp3) is 0.621. The second-order valence-electron chi connectivity index (χ2n) is 11.1. The Balaban J connectivity index is 1.02. The third-order valence-corrected chi connectivity index (χ3v) is 10.1. The first kappa shape index (κ1) is 26.9. The fourth-order valence-electron chi connectivity index (χ4n) is 6.35. The maximum atomic E-state index is 12.9. The van der Waals surface area contributed by atoms with Crippen molar-refractivity contribution in [2.24, 2.45) is 5.41 Å². The number of hydrogen-bond donors (Lipinski definition) is 2. The fourth-order valence-corrected chi connectivity index (χ4v) is 7.90. The number of thioether (sulfide) groups is 1. The first-order valence-electron chi connectivity index (χ1n) is 14.1. The van der Waals surface area contributed by atoms with Gasteiger partial charge in [0.05, 0.1) is 18.7 Å². The largest absolute Gasteiger partial charge is 0.493 e. The van der Waals surface area contributed by atoms with Gasteiger partial charge in [0, 0.05) is 55.2 Å². The van der Waals surface area contributed by atoms with Gasteiger partial charge in [0.2, 0.25) is 11.8 Å². The minimum Gasteiger partial charge on any atom is -0.493 e. The average Bonchev–Trinajstić information content (AvgIpc) is 3.61. The van der Waals surface area contributed by atoms with Gasteiger partial charge in [-0.3, -0.25) is 9.59 Å². The van der Waals surface area contributed by atoms with Crippen LogP contribution in [0.1, 0.15) is 57.4 Å². The minimum absolute atomic E-state index is 0.0387. The molecule has 4 amide bonds. The Morgan fingerprint density at radius 2 is 1.87 bits per heavy atom. The summed E-state index contributed by atoms with van der Waals surface area (Å²) in [5.41, 5.74) is 1.07. The molecule has 1 spiro atoms. The summed E-state index contributed by atoms with van der Waals surface area (Å²) >= 11 is 1.93. The van der Waals surface area contributed by atoms with E-state index in [1.807, 2.05) is 53.9 Å². The number of amides is 4. The molecule has 206 valence electrons.